The van der Waals surface area contributed by atoms with Gasteiger partial charge in [-0.3, -0.25) is 9.48 Å². The fraction of sp³-hybridized carbons (Fsp3) is 0.533. The van der Waals surface area contributed by atoms with Gasteiger partial charge in [0.05, 0.1) is 12.1 Å². The van der Waals surface area contributed by atoms with Gasteiger partial charge in [-0.2, -0.15) is 13.2 Å². The minimum atomic E-state index is -4.25. The van der Waals surface area contributed by atoms with Crippen LogP contribution >= 0.6 is 0 Å². The minimum Gasteiger partial charge on any atom is -1.00 e. The Labute approximate surface area is 133 Å². The summed E-state index contributed by atoms with van der Waals surface area (Å²) in [6, 6.07) is 6.08. The average molecular weight is 363 g/mol. The van der Waals surface area contributed by atoms with Crippen LogP contribution in [-0.2, 0) is 12.7 Å². The highest BCUT2D eigenvalue weighted by Gasteiger charge is 2.33. The van der Waals surface area contributed by atoms with Crippen molar-refractivity contribution < 1.29 is 34.7 Å². The van der Waals surface area contributed by atoms with Gasteiger partial charge in [-0.1, -0.05) is 12.1 Å². The molecule has 0 aromatic heterocycles. The number of hydrogen-bond donors (Lipinski definition) is 0. The van der Waals surface area contributed by atoms with E-state index in [0.717, 1.165) is 18.7 Å². The molecule has 0 bridgehead atoms. The van der Waals surface area contributed by atoms with Gasteiger partial charge in [0.15, 0.2) is 0 Å². The highest BCUT2D eigenvalue weighted by molar-refractivity contribution is 5.51. The Kier molecular flexibility index (Phi) is 4.96. The third-order valence-corrected chi connectivity index (χ3v) is 4.10. The Morgan fingerprint density at radius 2 is 1.86 bits per heavy atom. The molecule has 21 heavy (non-hydrogen) atoms. The van der Waals surface area contributed by atoms with Crippen LogP contribution in [0.3, 0.4) is 0 Å². The van der Waals surface area contributed by atoms with Crippen LogP contribution < -0.4 is 17.0 Å². The van der Waals surface area contributed by atoms with Crippen molar-refractivity contribution in [3.63, 3.8) is 0 Å². The predicted molar refractivity (Wildman–Crippen MR) is 70.7 cm³/mol. The third-order valence-electron chi connectivity index (χ3n) is 4.10. The van der Waals surface area contributed by atoms with E-state index in [1.807, 2.05) is 0 Å². The van der Waals surface area contributed by atoms with Gasteiger partial charge < -0.3 is 17.0 Å². The maximum atomic E-state index is 12.5. The maximum absolute atomic E-state index is 12.5. The first-order valence-electron chi connectivity index (χ1n) is 7.03. The second-order valence-electron chi connectivity index (χ2n) is 5.63. The highest BCUT2D eigenvalue weighted by Crippen LogP contribution is 2.29. The van der Waals surface area contributed by atoms with Crippen LogP contribution in [0.5, 0.6) is 0 Å². The van der Waals surface area contributed by atoms with Crippen molar-refractivity contribution in [3.8, 4) is 0 Å². The molecular formula is C15H18BrF3N2. The lowest BCUT2D eigenvalue weighted by molar-refractivity contribution is -0.533. The molecule has 2 nitrogen and oxygen atoms in total. The van der Waals surface area contributed by atoms with Crippen molar-refractivity contribution in [2.45, 2.75) is 38.0 Å². The zero-order valence-electron chi connectivity index (χ0n) is 11.6. The molecule has 0 radical (unpaired) electrons. The molecular weight excluding hydrogens is 345 g/mol. The first kappa shape index (κ1) is 16.3. The van der Waals surface area contributed by atoms with Crippen LogP contribution in [0.15, 0.2) is 24.3 Å². The Bertz CT molecular complexity index is 511. The number of rotatable bonds is 2. The normalized spacial score (nSPS) is 21.6. The quantitative estimate of drug-likeness (QED) is 0.677. The first-order chi connectivity index (χ1) is 9.52. The number of nitrogens with zero attached hydrogens (tertiary/aromatic N) is 2. The summed E-state index contributed by atoms with van der Waals surface area (Å²) in [5.74, 6) is 0. The van der Waals surface area contributed by atoms with Gasteiger partial charge in [0.2, 0.25) is 6.34 Å². The van der Waals surface area contributed by atoms with Crippen LogP contribution in [0, 0.1) is 0 Å². The van der Waals surface area contributed by atoms with Gasteiger partial charge in [-0.25, -0.2) is 0 Å². The SMILES string of the molecule is FC(F)(F)c1ccc(C[N+]2=CN3CCCCC3C2)cc1.[Br-]. The number of alkyl halides is 3. The zero-order valence-corrected chi connectivity index (χ0v) is 13.2. The van der Waals surface area contributed by atoms with Crippen molar-refractivity contribution in [3.05, 3.63) is 35.4 Å². The molecule has 1 unspecified atom stereocenters. The van der Waals surface area contributed by atoms with E-state index in [0.29, 0.717) is 12.6 Å². The molecule has 1 aromatic carbocycles. The van der Waals surface area contributed by atoms with Crippen molar-refractivity contribution >= 4 is 6.34 Å². The fourth-order valence-corrected chi connectivity index (χ4v) is 3.04. The summed E-state index contributed by atoms with van der Waals surface area (Å²) >= 11 is 0. The van der Waals surface area contributed by atoms with E-state index in [1.54, 1.807) is 12.1 Å². The topological polar surface area (TPSA) is 6.25 Å². The van der Waals surface area contributed by atoms with E-state index in [-0.39, 0.29) is 17.0 Å². The molecule has 3 rings (SSSR count). The van der Waals surface area contributed by atoms with Crippen LogP contribution in [-0.4, -0.2) is 34.9 Å². The van der Waals surface area contributed by atoms with Gasteiger partial charge >= 0.3 is 6.18 Å². The molecule has 2 heterocycles. The number of piperidine rings is 1. The molecule has 1 saturated heterocycles. The van der Waals surface area contributed by atoms with E-state index in [9.17, 15) is 13.2 Å². The van der Waals surface area contributed by atoms with Crippen molar-refractivity contribution in [2.24, 2.45) is 0 Å². The summed E-state index contributed by atoms with van der Waals surface area (Å²) in [7, 11) is 0. The van der Waals surface area contributed by atoms with Gasteiger partial charge in [-0.05, 0) is 37.0 Å². The molecule has 2 aliphatic heterocycles. The molecule has 1 aromatic rings. The third kappa shape index (κ3) is 3.78. The lowest BCUT2D eigenvalue weighted by Gasteiger charge is -2.21. The predicted octanol–water partition coefficient (Wildman–Crippen LogP) is 0.118. The molecule has 1 atom stereocenters. The molecule has 6 heteroatoms. The Morgan fingerprint density at radius 1 is 1.14 bits per heavy atom. The highest BCUT2D eigenvalue weighted by atomic mass is 79.9. The second kappa shape index (κ2) is 6.38. The van der Waals surface area contributed by atoms with Crippen LogP contribution in [0.25, 0.3) is 0 Å². The van der Waals surface area contributed by atoms with Gasteiger partial charge in [0.1, 0.15) is 19.1 Å². The van der Waals surface area contributed by atoms with Crippen LogP contribution in [0.2, 0.25) is 0 Å². The minimum absolute atomic E-state index is 0. The number of hydrogen-bond acceptors (Lipinski definition) is 1. The summed E-state index contributed by atoms with van der Waals surface area (Å²) in [6.07, 6.45) is 1.63. The van der Waals surface area contributed by atoms with E-state index in [1.165, 1.54) is 31.4 Å². The number of benzene rings is 1. The molecule has 1 fully saturated rings. The van der Waals surface area contributed by atoms with E-state index >= 15 is 0 Å². The monoisotopic (exact) mass is 362 g/mol. The summed E-state index contributed by atoms with van der Waals surface area (Å²) in [5.41, 5.74) is 0.346. The molecule has 0 amide bonds. The molecule has 0 N–H and O–H groups in total. The largest absolute Gasteiger partial charge is 1.00 e. The smallest absolute Gasteiger partial charge is 0.416 e. The first-order valence-corrected chi connectivity index (χ1v) is 7.03. The molecule has 2 aliphatic rings. The lowest BCUT2D eigenvalue weighted by Crippen LogP contribution is -3.00. The average Bonchev–Trinajstić information content (AvgIpc) is 2.80. The maximum Gasteiger partial charge on any atom is 0.416 e. The lowest BCUT2D eigenvalue weighted by atomic mass is 10.0. The molecule has 0 spiro atoms. The standard InChI is InChI=1S/C15H18F3N2.BrH/c16-15(17,18)13-6-4-12(5-7-13)9-19-10-14-3-1-2-8-20(14)11-19;/h4-7,11,14H,1-3,8-10H2;1H/q+1;/p-1. The van der Waals surface area contributed by atoms with E-state index in [2.05, 4.69) is 15.8 Å². The van der Waals surface area contributed by atoms with Crippen LogP contribution in [0.4, 0.5) is 13.2 Å². The fourth-order valence-electron chi connectivity index (χ4n) is 3.04. The van der Waals surface area contributed by atoms with Gasteiger partial charge in [-0.15, -0.1) is 0 Å². The Hall–Kier alpha value is -1.04. The summed E-state index contributed by atoms with van der Waals surface area (Å²) < 4.78 is 39.7. The molecule has 0 saturated carbocycles. The zero-order chi connectivity index (χ0) is 14.2. The number of halogens is 4. The molecule has 116 valence electrons. The number of fused-ring (bicyclic) bond motifs is 1. The van der Waals surface area contributed by atoms with Crippen molar-refractivity contribution in [2.75, 3.05) is 13.1 Å². The van der Waals surface area contributed by atoms with Crippen molar-refractivity contribution in [1.82, 2.24) is 4.90 Å². The second-order valence-corrected chi connectivity index (χ2v) is 5.63. The van der Waals surface area contributed by atoms with E-state index < -0.39 is 11.7 Å². The summed E-state index contributed by atoms with van der Waals surface area (Å²) in [5, 5.41) is 0. The Morgan fingerprint density at radius 3 is 2.48 bits per heavy atom. The summed E-state index contributed by atoms with van der Waals surface area (Å²) in [6.45, 7) is 2.78. The molecule has 0 aliphatic carbocycles. The van der Waals surface area contributed by atoms with Crippen LogP contribution in [0.1, 0.15) is 30.4 Å². The van der Waals surface area contributed by atoms with Crippen molar-refractivity contribution in [1.29, 1.82) is 0 Å². The van der Waals surface area contributed by atoms with E-state index in [4.69, 9.17) is 0 Å². The van der Waals surface area contributed by atoms with Gasteiger partial charge in [0.25, 0.3) is 0 Å². The Balaban J connectivity index is 0.00000161. The summed E-state index contributed by atoms with van der Waals surface area (Å²) in [4.78, 5) is 2.37. The van der Waals surface area contributed by atoms with Gasteiger partial charge in [0, 0.05) is 0 Å².